The van der Waals surface area contributed by atoms with Gasteiger partial charge in [-0.2, -0.15) is 0 Å². The molecule has 8 nitrogen and oxygen atoms in total. The highest BCUT2D eigenvalue weighted by Gasteiger charge is 2.24. The van der Waals surface area contributed by atoms with Gasteiger partial charge in [0.25, 0.3) is 5.97 Å². The minimum atomic E-state index is -0.850. The third kappa shape index (κ3) is 8.83. The first-order valence-electron chi connectivity index (χ1n) is 7.80. The monoisotopic (exact) mass is 353 g/mol. The van der Waals surface area contributed by atoms with Gasteiger partial charge in [-0.25, -0.2) is 0 Å². The van der Waals surface area contributed by atoms with Gasteiger partial charge in [-0.05, 0) is 11.1 Å². The Hall–Kier alpha value is -2.45. The van der Waals surface area contributed by atoms with Crippen LogP contribution in [0.5, 0.6) is 0 Å². The van der Waals surface area contributed by atoms with Gasteiger partial charge in [-0.3, -0.25) is 19.3 Å². The van der Waals surface area contributed by atoms with Crippen LogP contribution in [0.3, 0.4) is 0 Å². The van der Waals surface area contributed by atoms with Crippen LogP contribution in [0.25, 0.3) is 0 Å². The minimum Gasteiger partial charge on any atom is -0.481 e. The van der Waals surface area contributed by atoms with Crippen LogP contribution >= 0.6 is 0 Å². The molecule has 1 fully saturated rings. The Bertz CT molecular complexity index is 581. The van der Waals surface area contributed by atoms with Gasteiger partial charge in [0.1, 0.15) is 0 Å². The molecule has 8 heteroatoms. The van der Waals surface area contributed by atoms with Crippen molar-refractivity contribution in [2.45, 2.75) is 19.9 Å². The third-order valence-electron chi connectivity index (χ3n) is 3.48. The third-order valence-corrected chi connectivity index (χ3v) is 3.48. The Morgan fingerprint density at radius 1 is 1.12 bits per heavy atom. The predicted molar refractivity (Wildman–Crippen MR) is 88.3 cm³/mol. The highest BCUT2D eigenvalue weighted by atomic mass is 16.5. The van der Waals surface area contributed by atoms with E-state index in [-0.39, 0.29) is 13.0 Å². The van der Waals surface area contributed by atoms with E-state index in [9.17, 15) is 9.59 Å². The quantitative estimate of drug-likeness (QED) is 0.714. The summed E-state index contributed by atoms with van der Waals surface area (Å²) in [6, 6.07) is 7.37. The van der Waals surface area contributed by atoms with Crippen molar-refractivity contribution in [1.29, 1.82) is 0 Å². The van der Waals surface area contributed by atoms with Crippen molar-refractivity contribution in [2.75, 3.05) is 26.3 Å². The molecule has 0 aliphatic carbocycles. The zero-order valence-electron chi connectivity index (χ0n) is 14.1. The number of carboxylic acid groups (broad SMARTS) is 3. The molecule has 1 aliphatic rings. The molecule has 1 aromatic rings. The lowest BCUT2D eigenvalue weighted by atomic mass is 10.1. The number of hydrogen-bond donors (Lipinski definition) is 3. The molecule has 1 aliphatic heterocycles. The molecule has 0 saturated carbocycles. The Balaban J connectivity index is 0.000000705. The van der Waals surface area contributed by atoms with Crippen molar-refractivity contribution >= 4 is 17.9 Å². The Labute approximate surface area is 145 Å². The predicted octanol–water partition coefficient (Wildman–Crippen LogP) is 0.938. The van der Waals surface area contributed by atoms with Crippen molar-refractivity contribution in [3.8, 4) is 0 Å². The fourth-order valence-corrected chi connectivity index (χ4v) is 2.36. The summed E-state index contributed by atoms with van der Waals surface area (Å²) >= 11 is 0. The fraction of sp³-hybridized carbons (Fsp3) is 0.471. The molecule has 0 spiro atoms. The average molecular weight is 353 g/mol. The van der Waals surface area contributed by atoms with Gasteiger partial charge >= 0.3 is 11.9 Å². The van der Waals surface area contributed by atoms with Crippen LogP contribution < -0.4 is 0 Å². The summed E-state index contributed by atoms with van der Waals surface area (Å²) in [7, 11) is 0. The van der Waals surface area contributed by atoms with E-state index in [1.807, 2.05) is 12.1 Å². The van der Waals surface area contributed by atoms with E-state index in [0.717, 1.165) is 18.1 Å². The summed E-state index contributed by atoms with van der Waals surface area (Å²) in [5, 5.41) is 25.3. The summed E-state index contributed by atoms with van der Waals surface area (Å²) in [6.07, 6.45) is 0.0128. The maximum absolute atomic E-state index is 11.1. The number of rotatable bonds is 5. The smallest absolute Gasteiger partial charge is 0.310 e. The second kappa shape index (κ2) is 10.4. The number of hydrogen-bond acceptors (Lipinski definition) is 5. The first-order chi connectivity index (χ1) is 11.8. The van der Waals surface area contributed by atoms with Gasteiger partial charge in [0.05, 0.1) is 25.6 Å². The molecule has 1 saturated heterocycles. The molecular formula is C17H23NO7. The molecule has 25 heavy (non-hydrogen) atoms. The molecule has 0 aromatic heterocycles. The normalized spacial score (nSPS) is 17.7. The molecule has 1 heterocycles. The second-order valence-electron chi connectivity index (χ2n) is 5.75. The van der Waals surface area contributed by atoms with Crippen LogP contribution in [-0.4, -0.2) is 64.4 Å². The summed E-state index contributed by atoms with van der Waals surface area (Å²) in [4.78, 5) is 32.8. The van der Waals surface area contributed by atoms with Gasteiger partial charge in [0.15, 0.2) is 0 Å². The van der Waals surface area contributed by atoms with Gasteiger partial charge in [0, 0.05) is 26.6 Å². The van der Waals surface area contributed by atoms with E-state index in [1.54, 1.807) is 12.1 Å². The van der Waals surface area contributed by atoms with E-state index in [0.29, 0.717) is 26.2 Å². The standard InChI is InChI=1S/C15H19NO5.C2H4O2/c17-14(18)7-11-1-3-12(4-2-11)8-16-5-6-21-10-13(9-16)15(19)20;1-2(3)4/h1-4,13H,5-10H2,(H,17,18)(H,19,20);1H3,(H,3,4). The van der Waals surface area contributed by atoms with Gasteiger partial charge in [-0.15, -0.1) is 0 Å². The number of carbonyl (C=O) groups is 3. The number of nitrogens with zero attached hydrogens (tertiary/aromatic N) is 1. The number of ether oxygens (including phenoxy) is 1. The molecule has 0 radical (unpaired) electrons. The van der Waals surface area contributed by atoms with E-state index in [4.69, 9.17) is 24.9 Å². The van der Waals surface area contributed by atoms with Crippen LogP contribution in [0.15, 0.2) is 24.3 Å². The largest absolute Gasteiger partial charge is 0.481 e. The zero-order chi connectivity index (χ0) is 18.8. The van der Waals surface area contributed by atoms with Crippen molar-refractivity contribution in [1.82, 2.24) is 4.90 Å². The number of aliphatic carboxylic acids is 3. The molecule has 1 atom stereocenters. The van der Waals surface area contributed by atoms with Gasteiger partial charge < -0.3 is 20.1 Å². The van der Waals surface area contributed by atoms with Crippen LogP contribution in [0.2, 0.25) is 0 Å². The summed E-state index contributed by atoms with van der Waals surface area (Å²) in [5.41, 5.74) is 1.80. The van der Waals surface area contributed by atoms with E-state index >= 15 is 0 Å². The fourth-order valence-electron chi connectivity index (χ4n) is 2.36. The molecule has 138 valence electrons. The molecule has 3 N–H and O–H groups in total. The molecular weight excluding hydrogens is 330 g/mol. The average Bonchev–Trinajstić information content (AvgIpc) is 2.74. The van der Waals surface area contributed by atoms with Crippen LogP contribution in [0.1, 0.15) is 18.1 Å². The minimum absolute atomic E-state index is 0.0128. The molecule has 1 aromatic carbocycles. The van der Waals surface area contributed by atoms with Crippen LogP contribution in [-0.2, 0) is 32.1 Å². The first kappa shape index (κ1) is 20.6. The van der Waals surface area contributed by atoms with Crippen molar-refractivity contribution in [3.05, 3.63) is 35.4 Å². The highest BCUT2D eigenvalue weighted by Crippen LogP contribution is 2.13. The van der Waals surface area contributed by atoms with Crippen molar-refractivity contribution in [2.24, 2.45) is 5.92 Å². The first-order valence-corrected chi connectivity index (χ1v) is 7.80. The lowest BCUT2D eigenvalue weighted by Gasteiger charge is -2.21. The Kier molecular flexibility index (Phi) is 8.59. The van der Waals surface area contributed by atoms with Crippen LogP contribution in [0.4, 0.5) is 0 Å². The molecule has 1 unspecified atom stereocenters. The molecule has 0 bridgehead atoms. The van der Waals surface area contributed by atoms with E-state index in [1.165, 1.54) is 0 Å². The zero-order valence-corrected chi connectivity index (χ0v) is 14.1. The summed E-state index contributed by atoms with van der Waals surface area (Å²) < 4.78 is 5.31. The second-order valence-corrected chi connectivity index (χ2v) is 5.75. The maximum atomic E-state index is 11.1. The lowest BCUT2D eigenvalue weighted by molar-refractivity contribution is -0.143. The van der Waals surface area contributed by atoms with Gasteiger partial charge in [-0.1, -0.05) is 24.3 Å². The number of carboxylic acids is 3. The Morgan fingerprint density at radius 2 is 1.68 bits per heavy atom. The molecule has 0 amide bonds. The lowest BCUT2D eigenvalue weighted by Crippen LogP contribution is -2.33. The van der Waals surface area contributed by atoms with E-state index in [2.05, 4.69) is 4.90 Å². The van der Waals surface area contributed by atoms with Crippen molar-refractivity contribution in [3.63, 3.8) is 0 Å². The summed E-state index contributed by atoms with van der Waals surface area (Å²) in [6.45, 7) is 3.66. The molecule has 2 rings (SSSR count). The maximum Gasteiger partial charge on any atom is 0.310 e. The highest BCUT2D eigenvalue weighted by molar-refractivity contribution is 5.70. The SMILES string of the molecule is CC(=O)O.O=C(O)Cc1ccc(CN2CCOCC(C(=O)O)C2)cc1. The summed E-state index contributed by atoms with van der Waals surface area (Å²) in [5.74, 6) is -3.02. The topological polar surface area (TPSA) is 124 Å². The van der Waals surface area contributed by atoms with Gasteiger partial charge in [0.2, 0.25) is 0 Å². The van der Waals surface area contributed by atoms with Crippen molar-refractivity contribution < 1.29 is 34.4 Å². The van der Waals surface area contributed by atoms with E-state index < -0.39 is 23.8 Å². The number of benzene rings is 1. The van der Waals surface area contributed by atoms with Crippen LogP contribution in [0, 0.1) is 5.92 Å². The Morgan fingerprint density at radius 3 is 2.20 bits per heavy atom.